The second-order valence-electron chi connectivity index (χ2n) is 8.81. The molecule has 2 heterocycles. The van der Waals surface area contributed by atoms with Crippen molar-refractivity contribution in [3.8, 4) is 0 Å². The molecular formula is C22H27N3O6S. The van der Waals surface area contributed by atoms with E-state index in [-0.39, 0.29) is 67.5 Å². The third kappa shape index (κ3) is 3.97. The normalized spacial score (nSPS) is 21.5. The Morgan fingerprint density at radius 3 is 2.12 bits per heavy atom. The van der Waals surface area contributed by atoms with E-state index < -0.39 is 15.4 Å². The highest BCUT2D eigenvalue weighted by atomic mass is 32.2. The molecule has 32 heavy (non-hydrogen) atoms. The smallest absolute Gasteiger partial charge is 0.243 e. The van der Waals surface area contributed by atoms with E-state index in [1.807, 2.05) is 0 Å². The Morgan fingerprint density at radius 1 is 0.969 bits per heavy atom. The Balaban J connectivity index is 1.36. The van der Waals surface area contributed by atoms with Crippen LogP contribution >= 0.6 is 0 Å². The maximum absolute atomic E-state index is 12.9. The number of hydrogen-bond acceptors (Lipinski definition) is 6. The maximum atomic E-state index is 12.9. The minimum Gasteiger partial charge on any atom is -0.338 e. The fraction of sp³-hybridized carbons (Fsp3) is 0.545. The molecule has 3 amide bonds. The zero-order valence-electron chi connectivity index (χ0n) is 18.1. The fourth-order valence-corrected chi connectivity index (χ4v) is 6.31. The van der Waals surface area contributed by atoms with Crippen LogP contribution in [0.3, 0.4) is 0 Å². The largest absolute Gasteiger partial charge is 0.338 e. The lowest BCUT2D eigenvalue weighted by Crippen LogP contribution is -2.53. The molecule has 4 rings (SSSR count). The van der Waals surface area contributed by atoms with Gasteiger partial charge >= 0.3 is 0 Å². The number of hydrogen-bond donors (Lipinski definition) is 0. The first-order valence-corrected chi connectivity index (χ1v) is 12.3. The number of imide groups is 1. The van der Waals surface area contributed by atoms with Crippen molar-refractivity contribution in [3.05, 3.63) is 29.8 Å². The van der Waals surface area contributed by atoms with Gasteiger partial charge in [-0.05, 0) is 31.9 Å². The number of likely N-dealkylation sites (tertiary alicyclic amines) is 1. The Morgan fingerprint density at radius 2 is 1.56 bits per heavy atom. The molecule has 1 saturated carbocycles. The molecule has 1 spiro atoms. The van der Waals surface area contributed by atoms with Gasteiger partial charge in [0, 0.05) is 38.2 Å². The lowest BCUT2D eigenvalue weighted by molar-refractivity contribution is -0.147. The first-order valence-electron chi connectivity index (χ1n) is 10.9. The summed E-state index contributed by atoms with van der Waals surface area (Å²) >= 11 is 0. The summed E-state index contributed by atoms with van der Waals surface area (Å²) in [5, 5.41) is 0. The van der Waals surface area contributed by atoms with Gasteiger partial charge in [-0.3, -0.25) is 24.1 Å². The molecule has 10 heteroatoms. The number of sulfonamides is 1. The van der Waals surface area contributed by atoms with Gasteiger partial charge in [0.2, 0.25) is 27.7 Å². The van der Waals surface area contributed by atoms with Crippen molar-refractivity contribution in [3.63, 3.8) is 0 Å². The molecule has 0 radical (unpaired) electrons. The number of carbonyl (C=O) groups excluding carboxylic acids is 4. The third-order valence-corrected chi connectivity index (χ3v) is 8.75. The van der Waals surface area contributed by atoms with Crippen molar-refractivity contribution in [2.45, 2.75) is 43.9 Å². The monoisotopic (exact) mass is 461 g/mol. The summed E-state index contributed by atoms with van der Waals surface area (Å²) in [6.07, 6.45) is 3.44. The highest BCUT2D eigenvalue weighted by molar-refractivity contribution is 7.89. The van der Waals surface area contributed by atoms with E-state index in [4.69, 9.17) is 0 Å². The van der Waals surface area contributed by atoms with Crippen molar-refractivity contribution >= 4 is 33.5 Å². The number of benzene rings is 1. The predicted octanol–water partition coefficient (Wildman–Crippen LogP) is 1.04. The summed E-state index contributed by atoms with van der Waals surface area (Å²) in [5.41, 5.74) is -0.174. The molecule has 0 N–H and O–H groups in total. The van der Waals surface area contributed by atoms with E-state index in [1.165, 1.54) is 40.4 Å². The van der Waals surface area contributed by atoms with Crippen LogP contribution in [0, 0.1) is 5.41 Å². The highest BCUT2D eigenvalue weighted by Gasteiger charge is 2.53. The molecule has 0 aromatic heterocycles. The summed E-state index contributed by atoms with van der Waals surface area (Å²) in [5.74, 6) is -1.01. The van der Waals surface area contributed by atoms with Crippen LogP contribution in [0.15, 0.2) is 29.2 Å². The maximum Gasteiger partial charge on any atom is 0.243 e. The molecule has 0 bridgehead atoms. The van der Waals surface area contributed by atoms with Gasteiger partial charge in [-0.15, -0.1) is 0 Å². The van der Waals surface area contributed by atoms with Gasteiger partial charge in [0.1, 0.15) is 6.54 Å². The molecule has 0 unspecified atom stereocenters. The van der Waals surface area contributed by atoms with Crippen LogP contribution in [0.5, 0.6) is 0 Å². The Labute approximate surface area is 187 Å². The molecule has 2 aliphatic heterocycles. The van der Waals surface area contributed by atoms with E-state index in [2.05, 4.69) is 0 Å². The van der Waals surface area contributed by atoms with Crippen molar-refractivity contribution in [1.82, 2.24) is 14.1 Å². The fourth-order valence-electron chi connectivity index (χ4n) is 4.89. The van der Waals surface area contributed by atoms with E-state index in [0.717, 1.165) is 17.7 Å². The average molecular weight is 462 g/mol. The van der Waals surface area contributed by atoms with Crippen molar-refractivity contribution < 1.29 is 27.6 Å². The van der Waals surface area contributed by atoms with E-state index in [0.29, 0.717) is 18.4 Å². The summed E-state index contributed by atoms with van der Waals surface area (Å²) in [6, 6.07) is 5.78. The van der Waals surface area contributed by atoms with Gasteiger partial charge < -0.3 is 4.90 Å². The van der Waals surface area contributed by atoms with Gasteiger partial charge in [0.05, 0.1) is 10.3 Å². The van der Waals surface area contributed by atoms with Gasteiger partial charge in [-0.25, -0.2) is 8.42 Å². The number of rotatable bonds is 5. The summed E-state index contributed by atoms with van der Waals surface area (Å²) in [4.78, 5) is 52.0. The summed E-state index contributed by atoms with van der Waals surface area (Å²) in [6.45, 7) is 1.74. The zero-order valence-corrected chi connectivity index (χ0v) is 18.9. The van der Waals surface area contributed by atoms with Gasteiger partial charge in [-0.1, -0.05) is 25.0 Å². The molecule has 3 fully saturated rings. The van der Waals surface area contributed by atoms with Crippen molar-refractivity contribution in [2.75, 3.05) is 32.7 Å². The molecule has 2 saturated heterocycles. The Kier molecular flexibility index (Phi) is 5.93. The third-order valence-electron chi connectivity index (χ3n) is 6.83. The first-order chi connectivity index (χ1) is 15.1. The number of carbonyl (C=O) groups is 4. The number of nitrogens with zero attached hydrogens (tertiary/aromatic N) is 3. The van der Waals surface area contributed by atoms with Crippen LogP contribution in [0.25, 0.3) is 0 Å². The molecule has 1 aliphatic carbocycles. The number of amides is 3. The van der Waals surface area contributed by atoms with Gasteiger partial charge in [0.15, 0.2) is 5.78 Å². The van der Waals surface area contributed by atoms with Crippen LogP contribution in [0.1, 0.15) is 49.4 Å². The molecule has 3 aliphatic rings. The van der Waals surface area contributed by atoms with E-state index in [9.17, 15) is 27.6 Å². The minimum absolute atomic E-state index is 0.0948. The summed E-state index contributed by atoms with van der Waals surface area (Å²) in [7, 11) is -3.74. The van der Waals surface area contributed by atoms with Crippen LogP contribution < -0.4 is 0 Å². The molecule has 0 atom stereocenters. The lowest BCUT2D eigenvalue weighted by atomic mass is 9.84. The topological polar surface area (TPSA) is 112 Å². The lowest BCUT2D eigenvalue weighted by Gasteiger charge is -2.34. The van der Waals surface area contributed by atoms with Gasteiger partial charge in [0.25, 0.3) is 0 Å². The second kappa shape index (κ2) is 8.40. The van der Waals surface area contributed by atoms with Gasteiger partial charge in [-0.2, -0.15) is 4.31 Å². The molecule has 172 valence electrons. The predicted molar refractivity (Wildman–Crippen MR) is 114 cm³/mol. The van der Waals surface area contributed by atoms with Crippen LogP contribution in [0.2, 0.25) is 0 Å². The molecule has 9 nitrogen and oxygen atoms in total. The quantitative estimate of drug-likeness (QED) is 0.478. The van der Waals surface area contributed by atoms with E-state index >= 15 is 0 Å². The van der Waals surface area contributed by atoms with E-state index in [1.54, 1.807) is 0 Å². The Hall–Kier alpha value is -2.59. The van der Waals surface area contributed by atoms with Crippen LogP contribution in [-0.4, -0.2) is 78.8 Å². The van der Waals surface area contributed by atoms with Crippen molar-refractivity contribution in [1.29, 1.82) is 0 Å². The second-order valence-corrected chi connectivity index (χ2v) is 10.8. The zero-order chi connectivity index (χ0) is 23.1. The average Bonchev–Trinajstić information content (AvgIpc) is 3.34. The first kappa shape index (κ1) is 22.6. The minimum atomic E-state index is -3.74. The standard InChI is InChI=1S/C22H27N3O6S/c1-16(26)17-4-6-18(7-5-17)32(30,31)24-12-10-23(11-13-24)20(28)15-25-19(27)14-22(21(25)29)8-2-3-9-22/h4-7H,2-3,8-15H2,1H3. The molecule has 1 aromatic rings. The Bertz CT molecular complexity index is 1050. The molecule has 1 aromatic carbocycles. The number of ketones is 1. The van der Waals surface area contributed by atoms with Crippen LogP contribution in [0.4, 0.5) is 0 Å². The summed E-state index contributed by atoms with van der Waals surface area (Å²) < 4.78 is 27.1. The number of Topliss-reactive ketones (excluding diaryl/α,β-unsaturated/α-hetero) is 1. The molecular weight excluding hydrogens is 434 g/mol. The van der Waals surface area contributed by atoms with Crippen molar-refractivity contribution in [2.24, 2.45) is 5.41 Å². The van der Waals surface area contributed by atoms with Crippen LogP contribution in [-0.2, 0) is 24.4 Å². The SMILES string of the molecule is CC(=O)c1ccc(S(=O)(=O)N2CCN(C(=O)CN3C(=O)CC4(CCCC4)C3=O)CC2)cc1. The number of piperazine rings is 1. The highest BCUT2D eigenvalue weighted by Crippen LogP contribution is 2.46.